The van der Waals surface area contributed by atoms with Crippen LogP contribution >= 0.6 is 0 Å². The van der Waals surface area contributed by atoms with Gasteiger partial charge in [-0.05, 0) is 19.4 Å². The van der Waals surface area contributed by atoms with Crippen molar-refractivity contribution in [3.63, 3.8) is 0 Å². The predicted molar refractivity (Wildman–Crippen MR) is 60.9 cm³/mol. The molecule has 0 aliphatic rings. The third-order valence-corrected chi connectivity index (χ3v) is 2.46. The molecule has 0 saturated heterocycles. The molecular weight excluding hydrogens is 202 g/mol. The Morgan fingerprint density at radius 3 is 2.50 bits per heavy atom. The molecular formula is C12H15N3O. The van der Waals surface area contributed by atoms with E-state index in [2.05, 4.69) is 16.1 Å². The van der Waals surface area contributed by atoms with Crippen LogP contribution in [0.1, 0.15) is 22.8 Å². The number of aryl methyl sites for hydroxylation is 2. The fraction of sp³-hybridized carbons (Fsp3) is 0.333. The van der Waals surface area contributed by atoms with Crippen LogP contribution < -0.4 is 0 Å². The Morgan fingerprint density at radius 1 is 1.25 bits per heavy atom. The lowest BCUT2D eigenvalue weighted by Gasteiger charge is -2.12. The maximum atomic E-state index is 10.1. The number of hydrogen-bond donors (Lipinski definition) is 1. The zero-order valence-corrected chi connectivity index (χ0v) is 9.46. The van der Waals surface area contributed by atoms with Crippen LogP contribution in [0.5, 0.6) is 0 Å². The molecule has 0 saturated carbocycles. The second-order valence-electron chi connectivity index (χ2n) is 4.05. The fourth-order valence-electron chi connectivity index (χ4n) is 1.81. The third kappa shape index (κ3) is 2.46. The summed E-state index contributed by atoms with van der Waals surface area (Å²) in [7, 11) is 0. The van der Waals surface area contributed by atoms with Crippen LogP contribution in [-0.2, 0) is 6.54 Å². The fourth-order valence-corrected chi connectivity index (χ4v) is 1.81. The number of rotatable bonds is 3. The van der Waals surface area contributed by atoms with Gasteiger partial charge in [-0.25, -0.2) is 4.98 Å². The summed E-state index contributed by atoms with van der Waals surface area (Å²) in [5.74, 6) is 0. The van der Waals surface area contributed by atoms with E-state index >= 15 is 0 Å². The molecule has 0 aliphatic carbocycles. The smallest absolute Gasteiger partial charge is 0.137 e. The van der Waals surface area contributed by atoms with Gasteiger partial charge in [0.2, 0.25) is 0 Å². The molecule has 16 heavy (non-hydrogen) atoms. The molecule has 1 unspecified atom stereocenters. The van der Waals surface area contributed by atoms with Crippen molar-refractivity contribution < 1.29 is 5.11 Å². The van der Waals surface area contributed by atoms with E-state index in [0.29, 0.717) is 6.54 Å². The lowest BCUT2D eigenvalue weighted by Crippen LogP contribution is -2.09. The van der Waals surface area contributed by atoms with Gasteiger partial charge in [-0.15, -0.1) is 0 Å². The highest BCUT2D eigenvalue weighted by molar-refractivity contribution is 5.29. The average Bonchev–Trinajstić information content (AvgIpc) is 2.68. The summed E-state index contributed by atoms with van der Waals surface area (Å²) < 4.78 is 1.63. The topological polar surface area (TPSA) is 50.9 Å². The molecule has 1 N–H and O–H groups in total. The molecule has 0 bridgehead atoms. The van der Waals surface area contributed by atoms with Crippen molar-refractivity contribution in [1.29, 1.82) is 0 Å². The van der Waals surface area contributed by atoms with E-state index in [4.69, 9.17) is 0 Å². The zero-order valence-electron chi connectivity index (χ0n) is 9.46. The van der Waals surface area contributed by atoms with Crippen LogP contribution in [0.3, 0.4) is 0 Å². The van der Waals surface area contributed by atoms with Gasteiger partial charge in [-0.3, -0.25) is 4.68 Å². The van der Waals surface area contributed by atoms with Gasteiger partial charge < -0.3 is 5.11 Å². The zero-order chi connectivity index (χ0) is 11.5. The van der Waals surface area contributed by atoms with E-state index in [-0.39, 0.29) is 0 Å². The summed E-state index contributed by atoms with van der Waals surface area (Å²) in [5, 5.41) is 14.0. The standard InChI is InChI=1S/C12H15N3O/c1-9-3-10(2)5-11(4-9)12(16)6-15-8-13-7-14-15/h3-5,7-8,12,16H,6H2,1-2H3. The number of aliphatic hydroxyl groups is 1. The quantitative estimate of drug-likeness (QED) is 0.850. The number of benzene rings is 1. The van der Waals surface area contributed by atoms with Gasteiger partial charge >= 0.3 is 0 Å². The van der Waals surface area contributed by atoms with E-state index in [9.17, 15) is 5.11 Å². The highest BCUT2D eigenvalue weighted by atomic mass is 16.3. The number of aliphatic hydroxyl groups excluding tert-OH is 1. The second kappa shape index (κ2) is 4.45. The number of aromatic nitrogens is 3. The lowest BCUT2D eigenvalue weighted by atomic mass is 10.0. The first-order chi connectivity index (χ1) is 7.65. The SMILES string of the molecule is Cc1cc(C)cc(C(O)Cn2cncn2)c1. The maximum absolute atomic E-state index is 10.1. The van der Waals surface area contributed by atoms with Crippen LogP contribution in [0, 0.1) is 13.8 Å². The van der Waals surface area contributed by atoms with Crippen LogP contribution in [-0.4, -0.2) is 19.9 Å². The van der Waals surface area contributed by atoms with E-state index in [1.54, 1.807) is 11.0 Å². The van der Waals surface area contributed by atoms with E-state index in [0.717, 1.165) is 16.7 Å². The third-order valence-electron chi connectivity index (χ3n) is 2.46. The predicted octanol–water partition coefficient (Wildman–Crippen LogP) is 1.63. The van der Waals surface area contributed by atoms with Crippen LogP contribution in [0.15, 0.2) is 30.9 Å². The van der Waals surface area contributed by atoms with Crippen LogP contribution in [0.25, 0.3) is 0 Å². The van der Waals surface area contributed by atoms with E-state index < -0.39 is 6.10 Å². The molecule has 1 aromatic heterocycles. The van der Waals surface area contributed by atoms with Crippen molar-refractivity contribution in [2.24, 2.45) is 0 Å². The van der Waals surface area contributed by atoms with Gasteiger partial charge in [-0.2, -0.15) is 5.10 Å². The summed E-state index contributed by atoms with van der Waals surface area (Å²) in [6, 6.07) is 6.08. The summed E-state index contributed by atoms with van der Waals surface area (Å²) in [6.45, 7) is 4.49. The average molecular weight is 217 g/mol. The van der Waals surface area contributed by atoms with Crippen molar-refractivity contribution in [3.8, 4) is 0 Å². The van der Waals surface area contributed by atoms with Crippen molar-refractivity contribution in [2.75, 3.05) is 0 Å². The maximum Gasteiger partial charge on any atom is 0.137 e. The molecule has 1 aromatic carbocycles. The van der Waals surface area contributed by atoms with Crippen LogP contribution in [0.2, 0.25) is 0 Å². The first-order valence-corrected chi connectivity index (χ1v) is 5.24. The molecule has 0 amide bonds. The lowest BCUT2D eigenvalue weighted by molar-refractivity contribution is 0.151. The molecule has 4 nitrogen and oxygen atoms in total. The van der Waals surface area contributed by atoms with Crippen molar-refractivity contribution >= 4 is 0 Å². The summed E-state index contributed by atoms with van der Waals surface area (Å²) in [4.78, 5) is 3.84. The van der Waals surface area contributed by atoms with Gasteiger partial charge in [-0.1, -0.05) is 29.3 Å². The Morgan fingerprint density at radius 2 is 1.94 bits per heavy atom. The minimum atomic E-state index is -0.541. The van der Waals surface area contributed by atoms with Crippen molar-refractivity contribution in [3.05, 3.63) is 47.5 Å². The molecule has 2 rings (SSSR count). The summed E-state index contributed by atoms with van der Waals surface area (Å²) >= 11 is 0. The monoisotopic (exact) mass is 217 g/mol. The number of hydrogen-bond acceptors (Lipinski definition) is 3. The Balaban J connectivity index is 2.17. The summed E-state index contributed by atoms with van der Waals surface area (Å²) in [6.07, 6.45) is 2.53. The van der Waals surface area contributed by atoms with Gasteiger partial charge in [0.1, 0.15) is 12.7 Å². The van der Waals surface area contributed by atoms with Gasteiger partial charge in [0.05, 0.1) is 12.6 Å². The number of nitrogens with zero attached hydrogens (tertiary/aromatic N) is 3. The summed E-state index contributed by atoms with van der Waals surface area (Å²) in [5.41, 5.74) is 3.24. The minimum Gasteiger partial charge on any atom is -0.386 e. The highest BCUT2D eigenvalue weighted by Crippen LogP contribution is 2.18. The first-order valence-electron chi connectivity index (χ1n) is 5.24. The largest absolute Gasteiger partial charge is 0.386 e. The Bertz CT molecular complexity index is 445. The molecule has 2 aromatic rings. The first kappa shape index (κ1) is 10.8. The van der Waals surface area contributed by atoms with Crippen LogP contribution in [0.4, 0.5) is 0 Å². The second-order valence-corrected chi connectivity index (χ2v) is 4.05. The van der Waals surface area contributed by atoms with Gasteiger partial charge in [0.15, 0.2) is 0 Å². The van der Waals surface area contributed by atoms with Gasteiger partial charge in [0, 0.05) is 0 Å². The molecule has 84 valence electrons. The molecule has 0 spiro atoms. The van der Waals surface area contributed by atoms with Crippen molar-refractivity contribution in [1.82, 2.24) is 14.8 Å². The Labute approximate surface area is 94.6 Å². The van der Waals surface area contributed by atoms with Crippen molar-refractivity contribution in [2.45, 2.75) is 26.5 Å². The Hall–Kier alpha value is -1.68. The van der Waals surface area contributed by atoms with E-state index in [1.165, 1.54) is 6.33 Å². The molecule has 0 fully saturated rings. The Kier molecular flexibility index (Phi) is 3.01. The highest BCUT2D eigenvalue weighted by Gasteiger charge is 2.09. The minimum absolute atomic E-state index is 0.433. The molecule has 1 heterocycles. The molecule has 1 atom stereocenters. The molecule has 0 aliphatic heterocycles. The van der Waals surface area contributed by atoms with E-state index in [1.807, 2.05) is 26.0 Å². The van der Waals surface area contributed by atoms with Gasteiger partial charge in [0.25, 0.3) is 0 Å². The molecule has 4 heteroatoms. The normalized spacial score (nSPS) is 12.7. The molecule has 0 radical (unpaired) electrons.